The number of hydrogen-bond donors (Lipinski definition) is 1. The first-order valence-electron chi connectivity index (χ1n) is 10.1. The Morgan fingerprint density at radius 1 is 1.20 bits per heavy atom. The van der Waals surface area contributed by atoms with Gasteiger partial charge in [-0.3, -0.25) is 4.79 Å². The molecule has 0 aromatic rings. The second kappa shape index (κ2) is 6.37. The van der Waals surface area contributed by atoms with Gasteiger partial charge >= 0.3 is 5.97 Å². The van der Waals surface area contributed by atoms with E-state index in [2.05, 4.69) is 6.92 Å². The zero-order valence-corrected chi connectivity index (χ0v) is 15.5. The number of allylic oxidation sites excluding steroid dienone is 1. The minimum atomic E-state index is -0.766. The van der Waals surface area contributed by atoms with Gasteiger partial charge in [-0.15, -0.1) is 0 Å². The van der Waals surface area contributed by atoms with Crippen molar-refractivity contribution in [1.29, 1.82) is 0 Å². The minimum absolute atomic E-state index is 0.0204. The molecule has 2 saturated carbocycles. The zero-order chi connectivity index (χ0) is 17.8. The normalized spacial score (nSPS) is 46.7. The number of alkyl halides is 1. The van der Waals surface area contributed by atoms with E-state index in [0.717, 1.165) is 51.4 Å². The van der Waals surface area contributed by atoms with Crippen LogP contribution in [0.25, 0.3) is 0 Å². The maximum Gasteiger partial charge on any atom is 0.302 e. The van der Waals surface area contributed by atoms with Crippen molar-refractivity contribution in [2.24, 2.45) is 23.2 Å². The van der Waals surface area contributed by atoms with Gasteiger partial charge in [-0.2, -0.15) is 0 Å². The lowest BCUT2D eigenvalue weighted by Gasteiger charge is -2.49. The van der Waals surface area contributed by atoms with E-state index in [1.165, 1.54) is 18.1 Å². The van der Waals surface area contributed by atoms with Gasteiger partial charge in [0.25, 0.3) is 0 Å². The van der Waals surface area contributed by atoms with Gasteiger partial charge in [0.05, 0.1) is 6.10 Å². The predicted molar refractivity (Wildman–Crippen MR) is 93.6 cm³/mol. The number of aliphatic hydroxyl groups is 1. The van der Waals surface area contributed by atoms with E-state index >= 15 is 4.39 Å². The Bertz CT molecular complexity index is 586. The molecule has 1 N–H and O–H groups in total. The van der Waals surface area contributed by atoms with E-state index in [1.807, 2.05) is 0 Å². The van der Waals surface area contributed by atoms with Crippen molar-refractivity contribution in [3.05, 3.63) is 11.1 Å². The summed E-state index contributed by atoms with van der Waals surface area (Å²) in [4.78, 5) is 11.3. The fourth-order valence-electron chi connectivity index (χ4n) is 6.63. The molecular formula is C21H31FO3. The van der Waals surface area contributed by atoms with Gasteiger partial charge in [-0.1, -0.05) is 18.1 Å². The van der Waals surface area contributed by atoms with E-state index in [-0.39, 0.29) is 29.5 Å². The Kier molecular flexibility index (Phi) is 4.46. The van der Waals surface area contributed by atoms with Crippen molar-refractivity contribution in [3.8, 4) is 0 Å². The topological polar surface area (TPSA) is 46.5 Å². The molecule has 4 aliphatic rings. The monoisotopic (exact) mass is 350 g/mol. The smallest absolute Gasteiger partial charge is 0.302 e. The van der Waals surface area contributed by atoms with Crippen molar-refractivity contribution in [3.63, 3.8) is 0 Å². The molecule has 4 rings (SSSR count). The molecular weight excluding hydrogens is 319 g/mol. The van der Waals surface area contributed by atoms with Gasteiger partial charge in [0, 0.05) is 19.3 Å². The van der Waals surface area contributed by atoms with Crippen molar-refractivity contribution in [2.45, 2.75) is 90.0 Å². The molecule has 7 atom stereocenters. The third kappa shape index (κ3) is 2.85. The predicted octanol–water partition coefficient (Wildman–Crippen LogP) is 4.33. The molecule has 4 aliphatic carbocycles. The van der Waals surface area contributed by atoms with E-state index in [0.29, 0.717) is 18.3 Å². The van der Waals surface area contributed by atoms with Gasteiger partial charge in [0.1, 0.15) is 12.3 Å². The summed E-state index contributed by atoms with van der Waals surface area (Å²) in [5, 5.41) is 10.5. The molecule has 0 aliphatic heterocycles. The molecule has 25 heavy (non-hydrogen) atoms. The van der Waals surface area contributed by atoms with Gasteiger partial charge in [-0.05, 0) is 68.6 Å². The molecule has 0 unspecified atom stereocenters. The maximum absolute atomic E-state index is 15.3. The number of hydrogen-bond acceptors (Lipinski definition) is 3. The SMILES string of the molecule is CC(=O)O[C@H]1CCC2=C(CC[C@@H](F)[C@@H]3[C@@H]2CC[C@]2(C)[C@@H]3CC[C@@H]2O)C1. The number of ether oxygens (including phenoxy) is 1. The molecule has 0 aromatic carbocycles. The van der Waals surface area contributed by atoms with Crippen LogP contribution in [0.15, 0.2) is 11.1 Å². The third-order valence-corrected chi connectivity index (χ3v) is 7.87. The van der Waals surface area contributed by atoms with Crippen LogP contribution in [0.5, 0.6) is 0 Å². The lowest BCUT2D eigenvalue weighted by molar-refractivity contribution is -0.146. The highest BCUT2D eigenvalue weighted by atomic mass is 19.1. The summed E-state index contributed by atoms with van der Waals surface area (Å²) in [6, 6.07) is 0. The Balaban J connectivity index is 1.62. The van der Waals surface area contributed by atoms with E-state index in [1.54, 1.807) is 0 Å². The second-order valence-corrected chi connectivity index (χ2v) is 9.09. The molecule has 0 spiro atoms. The number of carbonyl (C=O) groups is 1. The van der Waals surface area contributed by atoms with Crippen LogP contribution in [0.1, 0.15) is 71.6 Å². The first-order valence-corrected chi connectivity index (χ1v) is 10.1. The summed E-state index contributed by atoms with van der Waals surface area (Å²) < 4.78 is 20.7. The first-order chi connectivity index (χ1) is 11.9. The Hall–Kier alpha value is -0.900. The lowest BCUT2D eigenvalue weighted by atomic mass is 9.56. The molecule has 0 saturated heterocycles. The van der Waals surface area contributed by atoms with Crippen LogP contribution in [0.4, 0.5) is 4.39 Å². The molecule has 140 valence electrons. The number of aliphatic hydroxyl groups excluding tert-OH is 1. The van der Waals surface area contributed by atoms with Crippen molar-refractivity contribution in [1.82, 2.24) is 0 Å². The largest absolute Gasteiger partial charge is 0.462 e. The Labute approximate surface area is 150 Å². The van der Waals surface area contributed by atoms with Crippen molar-refractivity contribution in [2.75, 3.05) is 0 Å². The number of esters is 1. The molecule has 3 nitrogen and oxygen atoms in total. The summed E-state index contributed by atoms with van der Waals surface area (Å²) in [6.07, 6.45) is 6.81. The summed E-state index contributed by atoms with van der Waals surface area (Å²) in [5.41, 5.74) is 2.76. The van der Waals surface area contributed by atoms with Crippen LogP contribution in [-0.2, 0) is 9.53 Å². The van der Waals surface area contributed by atoms with Gasteiger partial charge in [-0.25, -0.2) is 4.39 Å². The summed E-state index contributed by atoms with van der Waals surface area (Å²) in [6.45, 7) is 3.66. The average molecular weight is 350 g/mol. The van der Waals surface area contributed by atoms with Crippen LogP contribution in [0, 0.1) is 23.2 Å². The minimum Gasteiger partial charge on any atom is -0.462 e. The Morgan fingerprint density at radius 3 is 2.76 bits per heavy atom. The first kappa shape index (κ1) is 17.5. The highest BCUT2D eigenvalue weighted by Gasteiger charge is 2.56. The van der Waals surface area contributed by atoms with Crippen molar-refractivity contribution >= 4 is 5.97 Å². The van der Waals surface area contributed by atoms with Gasteiger partial charge < -0.3 is 9.84 Å². The molecule has 0 heterocycles. The maximum atomic E-state index is 15.3. The van der Waals surface area contributed by atoms with Crippen LogP contribution >= 0.6 is 0 Å². The number of halogens is 1. The van der Waals surface area contributed by atoms with E-state index < -0.39 is 6.17 Å². The van der Waals surface area contributed by atoms with Crippen LogP contribution in [-0.4, -0.2) is 29.5 Å². The zero-order valence-electron chi connectivity index (χ0n) is 15.5. The number of rotatable bonds is 1. The molecule has 0 amide bonds. The van der Waals surface area contributed by atoms with E-state index in [4.69, 9.17) is 4.74 Å². The molecule has 4 heteroatoms. The summed E-state index contributed by atoms with van der Waals surface area (Å²) in [5.74, 6) is 0.523. The lowest BCUT2D eigenvalue weighted by Crippen LogP contribution is -2.46. The fourth-order valence-corrected chi connectivity index (χ4v) is 6.63. The van der Waals surface area contributed by atoms with Gasteiger partial charge in [0.15, 0.2) is 0 Å². The third-order valence-electron chi connectivity index (χ3n) is 7.87. The molecule has 0 radical (unpaired) electrons. The Morgan fingerprint density at radius 2 is 2.00 bits per heavy atom. The number of carbonyl (C=O) groups excluding carboxylic acids is 1. The molecule has 0 bridgehead atoms. The second-order valence-electron chi connectivity index (χ2n) is 9.09. The number of fused-ring (bicyclic) bond motifs is 4. The average Bonchev–Trinajstić information content (AvgIpc) is 2.78. The summed E-state index contributed by atoms with van der Waals surface area (Å²) in [7, 11) is 0. The van der Waals surface area contributed by atoms with E-state index in [9.17, 15) is 9.90 Å². The molecule has 2 fully saturated rings. The quantitative estimate of drug-likeness (QED) is 0.565. The van der Waals surface area contributed by atoms with Crippen molar-refractivity contribution < 1.29 is 19.0 Å². The summed E-state index contributed by atoms with van der Waals surface area (Å²) >= 11 is 0. The molecule has 0 aromatic heterocycles. The highest BCUT2D eigenvalue weighted by Crippen LogP contribution is 2.60. The van der Waals surface area contributed by atoms with Gasteiger partial charge in [0.2, 0.25) is 0 Å². The standard InChI is InChI=1S/C21H31FO3/c1-12(23)25-14-4-5-15-13(11-14)3-7-18(22)20-16(15)9-10-21(2)17(20)6-8-19(21)24/h14,16-20,24H,3-11H2,1-2H3/t14-,16+,17+,18+,19-,20+,21+/m0/s1. The van der Waals surface area contributed by atoms with Crippen LogP contribution in [0.2, 0.25) is 0 Å². The fraction of sp³-hybridized carbons (Fsp3) is 0.857. The van der Waals surface area contributed by atoms with Crippen LogP contribution < -0.4 is 0 Å². The van der Waals surface area contributed by atoms with Crippen LogP contribution in [0.3, 0.4) is 0 Å². The highest BCUT2D eigenvalue weighted by molar-refractivity contribution is 5.66.